The van der Waals surface area contributed by atoms with Crippen LogP contribution in [0.4, 0.5) is 0 Å². The minimum Gasteiger partial charge on any atom is -0.418 e. The fourth-order valence-electron chi connectivity index (χ4n) is 1.04. The summed E-state index contributed by atoms with van der Waals surface area (Å²) in [5.41, 5.74) is 0.736. The molecule has 6 nitrogen and oxygen atoms in total. The molecule has 2 N–H and O–H groups in total. The monoisotopic (exact) mass is 193 g/mol. The molecule has 14 heavy (non-hydrogen) atoms. The highest BCUT2D eigenvalue weighted by Gasteiger charge is 2.08. The van der Waals surface area contributed by atoms with Gasteiger partial charge in [0.1, 0.15) is 5.69 Å². The second-order valence-corrected chi connectivity index (χ2v) is 2.75. The number of nitrogens with zero attached hydrogens (tertiary/aromatic N) is 3. The largest absolute Gasteiger partial charge is 0.418 e. The Bertz CT molecular complexity index is 380. The average Bonchev–Trinajstić information content (AvgIpc) is 2.85. The van der Waals surface area contributed by atoms with Crippen molar-refractivity contribution in [3.63, 3.8) is 0 Å². The van der Waals surface area contributed by atoms with Crippen LogP contribution < -0.4 is 5.32 Å². The molecular weight excluding hydrogens is 182 g/mol. The van der Waals surface area contributed by atoms with Gasteiger partial charge in [-0.2, -0.15) is 5.10 Å². The molecule has 0 amide bonds. The van der Waals surface area contributed by atoms with Gasteiger partial charge in [-0.25, -0.2) is 0 Å². The van der Waals surface area contributed by atoms with E-state index >= 15 is 0 Å². The predicted molar refractivity (Wildman–Crippen MR) is 49.3 cm³/mol. The number of H-pyrrole nitrogens is 1. The summed E-state index contributed by atoms with van der Waals surface area (Å²) in [5, 5.41) is 17.4. The van der Waals surface area contributed by atoms with Gasteiger partial charge >= 0.3 is 0 Å². The summed E-state index contributed by atoms with van der Waals surface area (Å²) in [5.74, 6) is 1.05. The predicted octanol–water partition coefficient (Wildman–Crippen LogP) is 0.569. The van der Waals surface area contributed by atoms with E-state index in [1.54, 1.807) is 12.3 Å². The molecule has 0 aliphatic rings. The van der Waals surface area contributed by atoms with Crippen molar-refractivity contribution in [3.8, 4) is 11.6 Å². The van der Waals surface area contributed by atoms with Crippen molar-refractivity contribution < 1.29 is 4.42 Å². The highest BCUT2D eigenvalue weighted by atomic mass is 16.4. The van der Waals surface area contributed by atoms with Gasteiger partial charge in [-0.1, -0.05) is 6.92 Å². The van der Waals surface area contributed by atoms with Gasteiger partial charge in [-0.3, -0.25) is 5.10 Å². The van der Waals surface area contributed by atoms with Crippen LogP contribution in [0.3, 0.4) is 0 Å². The SMILES string of the molecule is CCNCc1nnc(-c2ccn[nH]2)o1. The maximum Gasteiger partial charge on any atom is 0.265 e. The number of nitrogens with one attached hydrogen (secondary N) is 2. The molecule has 0 saturated heterocycles. The summed E-state index contributed by atoms with van der Waals surface area (Å²) in [4.78, 5) is 0. The number of hydrogen-bond donors (Lipinski definition) is 2. The third-order valence-electron chi connectivity index (χ3n) is 1.72. The smallest absolute Gasteiger partial charge is 0.265 e. The lowest BCUT2D eigenvalue weighted by atomic mass is 10.4. The molecule has 0 radical (unpaired) electrons. The van der Waals surface area contributed by atoms with E-state index < -0.39 is 0 Å². The van der Waals surface area contributed by atoms with Crippen molar-refractivity contribution in [3.05, 3.63) is 18.2 Å². The molecule has 0 aliphatic heterocycles. The summed E-state index contributed by atoms with van der Waals surface area (Å²) >= 11 is 0. The minimum absolute atomic E-state index is 0.468. The zero-order valence-corrected chi connectivity index (χ0v) is 7.82. The van der Waals surface area contributed by atoms with Crippen molar-refractivity contribution in [2.24, 2.45) is 0 Å². The first kappa shape index (κ1) is 8.89. The fourth-order valence-corrected chi connectivity index (χ4v) is 1.04. The van der Waals surface area contributed by atoms with Crippen LogP contribution in [-0.2, 0) is 6.54 Å². The lowest BCUT2D eigenvalue weighted by molar-refractivity contribution is 0.481. The zero-order valence-electron chi connectivity index (χ0n) is 7.82. The van der Waals surface area contributed by atoms with Gasteiger partial charge in [0.05, 0.1) is 6.54 Å². The molecule has 0 aliphatic carbocycles. The molecule has 0 aromatic carbocycles. The molecule has 2 rings (SSSR count). The van der Waals surface area contributed by atoms with Gasteiger partial charge in [0, 0.05) is 6.20 Å². The normalized spacial score (nSPS) is 10.6. The van der Waals surface area contributed by atoms with Crippen molar-refractivity contribution in [1.29, 1.82) is 0 Å². The number of rotatable bonds is 4. The van der Waals surface area contributed by atoms with Crippen LogP contribution in [0.15, 0.2) is 16.7 Å². The van der Waals surface area contributed by atoms with Gasteiger partial charge in [0.15, 0.2) is 0 Å². The van der Waals surface area contributed by atoms with Crippen LogP contribution in [0.5, 0.6) is 0 Å². The fraction of sp³-hybridized carbons (Fsp3) is 0.375. The van der Waals surface area contributed by atoms with Crippen molar-refractivity contribution in [2.75, 3.05) is 6.54 Å². The molecule has 0 bridgehead atoms. The van der Waals surface area contributed by atoms with Crippen LogP contribution >= 0.6 is 0 Å². The highest BCUT2D eigenvalue weighted by molar-refractivity contribution is 5.44. The Balaban J connectivity index is 2.10. The lowest BCUT2D eigenvalue weighted by Gasteiger charge is -1.93. The Hall–Kier alpha value is -1.69. The molecule has 2 aromatic rings. The van der Waals surface area contributed by atoms with Crippen LogP contribution in [0.1, 0.15) is 12.8 Å². The van der Waals surface area contributed by atoms with Gasteiger partial charge < -0.3 is 9.73 Å². The number of aromatic nitrogens is 4. The van der Waals surface area contributed by atoms with E-state index in [0.717, 1.165) is 12.2 Å². The second kappa shape index (κ2) is 4.01. The van der Waals surface area contributed by atoms with E-state index in [-0.39, 0.29) is 0 Å². The minimum atomic E-state index is 0.468. The van der Waals surface area contributed by atoms with Crippen LogP contribution in [-0.4, -0.2) is 26.9 Å². The molecule has 0 fully saturated rings. The van der Waals surface area contributed by atoms with Crippen molar-refractivity contribution >= 4 is 0 Å². The van der Waals surface area contributed by atoms with E-state index in [9.17, 15) is 0 Å². The summed E-state index contributed by atoms with van der Waals surface area (Å²) in [6.07, 6.45) is 1.64. The van der Waals surface area contributed by atoms with Crippen molar-refractivity contribution in [2.45, 2.75) is 13.5 Å². The number of hydrogen-bond acceptors (Lipinski definition) is 5. The summed E-state index contributed by atoms with van der Waals surface area (Å²) < 4.78 is 5.37. The Morgan fingerprint density at radius 3 is 3.14 bits per heavy atom. The quantitative estimate of drug-likeness (QED) is 0.742. The van der Waals surface area contributed by atoms with E-state index in [1.807, 2.05) is 6.92 Å². The summed E-state index contributed by atoms with van der Waals surface area (Å²) in [6, 6.07) is 1.78. The molecule has 0 unspecified atom stereocenters. The molecule has 74 valence electrons. The molecule has 6 heteroatoms. The van der Waals surface area contributed by atoms with Gasteiger partial charge in [-0.15, -0.1) is 10.2 Å². The molecule has 2 aromatic heterocycles. The first-order chi connectivity index (χ1) is 6.90. The van der Waals surface area contributed by atoms with E-state index in [2.05, 4.69) is 25.7 Å². The Kier molecular flexibility index (Phi) is 2.55. The van der Waals surface area contributed by atoms with E-state index in [4.69, 9.17) is 4.42 Å². The molecule has 2 heterocycles. The Morgan fingerprint density at radius 1 is 1.50 bits per heavy atom. The summed E-state index contributed by atoms with van der Waals surface area (Å²) in [6.45, 7) is 3.49. The maximum atomic E-state index is 5.37. The topological polar surface area (TPSA) is 79.6 Å². The highest BCUT2D eigenvalue weighted by Crippen LogP contribution is 2.13. The Morgan fingerprint density at radius 2 is 2.43 bits per heavy atom. The second-order valence-electron chi connectivity index (χ2n) is 2.75. The van der Waals surface area contributed by atoms with Crippen LogP contribution in [0, 0.1) is 0 Å². The third kappa shape index (κ3) is 1.80. The first-order valence-corrected chi connectivity index (χ1v) is 4.43. The molecular formula is C8H11N5O. The summed E-state index contributed by atoms with van der Waals surface area (Å²) in [7, 11) is 0. The third-order valence-corrected chi connectivity index (χ3v) is 1.72. The van der Waals surface area contributed by atoms with Gasteiger partial charge in [0.25, 0.3) is 5.89 Å². The average molecular weight is 193 g/mol. The van der Waals surface area contributed by atoms with Crippen LogP contribution in [0.2, 0.25) is 0 Å². The molecule has 0 atom stereocenters. The standard InChI is InChI=1S/C8H11N5O/c1-2-9-5-7-12-13-8(14-7)6-3-4-10-11-6/h3-4,9H,2,5H2,1H3,(H,10,11). The van der Waals surface area contributed by atoms with Gasteiger partial charge in [0.2, 0.25) is 5.89 Å². The number of aromatic amines is 1. The first-order valence-electron chi connectivity index (χ1n) is 4.43. The Labute approximate surface area is 80.7 Å². The molecule has 0 saturated carbocycles. The zero-order chi connectivity index (χ0) is 9.80. The maximum absolute atomic E-state index is 5.37. The van der Waals surface area contributed by atoms with Gasteiger partial charge in [-0.05, 0) is 12.6 Å². The van der Waals surface area contributed by atoms with E-state index in [0.29, 0.717) is 18.3 Å². The molecule has 0 spiro atoms. The van der Waals surface area contributed by atoms with E-state index in [1.165, 1.54) is 0 Å². The van der Waals surface area contributed by atoms with Crippen molar-refractivity contribution in [1.82, 2.24) is 25.7 Å². The van der Waals surface area contributed by atoms with Crippen LogP contribution in [0.25, 0.3) is 11.6 Å². The lowest BCUT2D eigenvalue weighted by Crippen LogP contribution is -2.11.